The maximum Gasteiger partial charge on any atom is 0.252 e. The second-order valence-corrected chi connectivity index (χ2v) is 6.73. The van der Waals surface area contributed by atoms with Gasteiger partial charge in [0, 0.05) is 18.0 Å². The third-order valence-corrected chi connectivity index (χ3v) is 5.79. The SMILES string of the molecule is O=S(=O)(c1ccc(CO)s1)N1CCOCC1. The maximum atomic E-state index is 12.1. The van der Waals surface area contributed by atoms with Gasteiger partial charge in [0.2, 0.25) is 0 Å². The molecule has 5 nitrogen and oxygen atoms in total. The predicted molar refractivity (Wildman–Crippen MR) is 59.8 cm³/mol. The van der Waals surface area contributed by atoms with Crippen LogP contribution in [0.4, 0.5) is 0 Å². The van der Waals surface area contributed by atoms with E-state index in [2.05, 4.69) is 0 Å². The molecule has 1 fully saturated rings. The molecule has 1 aromatic rings. The highest BCUT2D eigenvalue weighted by molar-refractivity contribution is 7.91. The van der Waals surface area contributed by atoms with Gasteiger partial charge in [-0.3, -0.25) is 0 Å². The van der Waals surface area contributed by atoms with Crippen LogP contribution in [0.3, 0.4) is 0 Å². The van der Waals surface area contributed by atoms with Crippen LogP contribution in [0.1, 0.15) is 4.88 Å². The number of aliphatic hydroxyl groups excluding tert-OH is 1. The maximum absolute atomic E-state index is 12.1. The van der Waals surface area contributed by atoms with Crippen molar-refractivity contribution in [3.8, 4) is 0 Å². The second kappa shape index (κ2) is 4.80. The van der Waals surface area contributed by atoms with Gasteiger partial charge in [-0.25, -0.2) is 8.42 Å². The van der Waals surface area contributed by atoms with E-state index in [0.29, 0.717) is 35.4 Å². The summed E-state index contributed by atoms with van der Waals surface area (Å²) in [5, 5.41) is 8.91. The first-order valence-corrected chi connectivity index (χ1v) is 7.18. The topological polar surface area (TPSA) is 66.8 Å². The molecule has 0 amide bonds. The number of thiophene rings is 1. The van der Waals surface area contributed by atoms with Gasteiger partial charge in [0.05, 0.1) is 19.8 Å². The number of hydrogen-bond donors (Lipinski definition) is 1. The molecule has 1 saturated heterocycles. The van der Waals surface area contributed by atoms with Crippen molar-refractivity contribution in [1.82, 2.24) is 4.31 Å². The molecule has 7 heteroatoms. The Balaban J connectivity index is 2.23. The minimum Gasteiger partial charge on any atom is -0.391 e. The number of ether oxygens (including phenoxy) is 1. The van der Waals surface area contributed by atoms with Crippen molar-refractivity contribution in [2.45, 2.75) is 10.8 Å². The number of nitrogens with zero attached hydrogens (tertiary/aromatic N) is 1. The molecule has 0 unspecified atom stereocenters. The Kier molecular flexibility index (Phi) is 3.60. The minimum absolute atomic E-state index is 0.122. The van der Waals surface area contributed by atoms with Crippen molar-refractivity contribution in [3.63, 3.8) is 0 Å². The molecule has 1 N–H and O–H groups in total. The molecule has 90 valence electrons. The molecular formula is C9H13NO4S2. The quantitative estimate of drug-likeness (QED) is 0.849. The fourth-order valence-corrected chi connectivity index (χ4v) is 4.27. The van der Waals surface area contributed by atoms with Crippen molar-refractivity contribution >= 4 is 21.4 Å². The summed E-state index contributed by atoms with van der Waals surface area (Å²) in [5.74, 6) is 0. The van der Waals surface area contributed by atoms with Crippen LogP contribution in [0.25, 0.3) is 0 Å². The highest BCUT2D eigenvalue weighted by atomic mass is 32.2. The van der Waals surface area contributed by atoms with Crippen molar-refractivity contribution < 1.29 is 18.3 Å². The van der Waals surface area contributed by atoms with Crippen LogP contribution in [-0.2, 0) is 21.4 Å². The fraction of sp³-hybridized carbons (Fsp3) is 0.556. The van der Waals surface area contributed by atoms with Gasteiger partial charge in [0.25, 0.3) is 10.0 Å². The van der Waals surface area contributed by atoms with E-state index >= 15 is 0 Å². The number of rotatable bonds is 3. The summed E-state index contributed by atoms with van der Waals surface area (Å²) in [6, 6.07) is 3.18. The zero-order chi connectivity index (χ0) is 11.6. The van der Waals surface area contributed by atoms with E-state index in [4.69, 9.17) is 9.84 Å². The molecule has 2 heterocycles. The minimum atomic E-state index is -3.39. The summed E-state index contributed by atoms with van der Waals surface area (Å²) in [7, 11) is -3.39. The normalized spacial score (nSPS) is 18.8. The van der Waals surface area contributed by atoms with Crippen LogP contribution >= 0.6 is 11.3 Å². The van der Waals surface area contributed by atoms with E-state index in [1.165, 1.54) is 4.31 Å². The van der Waals surface area contributed by atoms with Crippen molar-refractivity contribution in [2.24, 2.45) is 0 Å². The van der Waals surface area contributed by atoms with E-state index in [9.17, 15) is 8.42 Å². The van der Waals surface area contributed by atoms with Gasteiger partial charge in [-0.1, -0.05) is 0 Å². The Morgan fingerprint density at radius 2 is 2.06 bits per heavy atom. The molecule has 0 bridgehead atoms. The molecular weight excluding hydrogens is 250 g/mol. The first-order chi connectivity index (χ1) is 7.64. The van der Waals surface area contributed by atoms with Crippen LogP contribution in [0, 0.1) is 0 Å². The molecule has 1 aliphatic rings. The molecule has 1 aromatic heterocycles. The first-order valence-electron chi connectivity index (χ1n) is 4.92. The lowest BCUT2D eigenvalue weighted by Crippen LogP contribution is -2.40. The van der Waals surface area contributed by atoms with Gasteiger partial charge >= 0.3 is 0 Å². The Hall–Kier alpha value is -0.470. The fourth-order valence-electron chi connectivity index (χ4n) is 1.50. The van der Waals surface area contributed by atoms with Crippen molar-refractivity contribution in [1.29, 1.82) is 0 Å². The molecule has 16 heavy (non-hydrogen) atoms. The van der Waals surface area contributed by atoms with E-state index in [1.807, 2.05) is 0 Å². The summed E-state index contributed by atoms with van der Waals surface area (Å²) in [6.45, 7) is 1.56. The molecule has 0 aromatic carbocycles. The summed E-state index contributed by atoms with van der Waals surface area (Å²) in [5.41, 5.74) is 0. The van der Waals surface area contributed by atoms with E-state index in [0.717, 1.165) is 11.3 Å². The summed E-state index contributed by atoms with van der Waals surface area (Å²) in [6.07, 6.45) is 0. The summed E-state index contributed by atoms with van der Waals surface area (Å²) < 4.78 is 31.1. The van der Waals surface area contributed by atoms with Gasteiger partial charge in [0.15, 0.2) is 0 Å². The molecule has 0 radical (unpaired) electrons. The third-order valence-electron chi connectivity index (χ3n) is 2.36. The van der Waals surface area contributed by atoms with Gasteiger partial charge in [-0.05, 0) is 12.1 Å². The zero-order valence-electron chi connectivity index (χ0n) is 8.63. The molecule has 2 rings (SSSR count). The lowest BCUT2D eigenvalue weighted by Gasteiger charge is -2.25. The molecule has 0 aliphatic carbocycles. The van der Waals surface area contributed by atoms with Crippen LogP contribution < -0.4 is 0 Å². The largest absolute Gasteiger partial charge is 0.391 e. The van der Waals surface area contributed by atoms with E-state index in [-0.39, 0.29) is 6.61 Å². The second-order valence-electron chi connectivity index (χ2n) is 3.40. The van der Waals surface area contributed by atoms with Gasteiger partial charge in [-0.2, -0.15) is 4.31 Å². The monoisotopic (exact) mass is 263 g/mol. The number of hydrogen-bond acceptors (Lipinski definition) is 5. The lowest BCUT2D eigenvalue weighted by atomic mass is 10.5. The Labute approximate surface area is 98.3 Å². The standard InChI is InChI=1S/C9H13NO4S2/c11-7-8-1-2-9(15-8)16(12,13)10-3-5-14-6-4-10/h1-2,11H,3-7H2. The molecule has 1 aliphatic heterocycles. The van der Waals surface area contributed by atoms with Crippen LogP contribution in [-0.4, -0.2) is 44.1 Å². The lowest BCUT2D eigenvalue weighted by molar-refractivity contribution is 0.0731. The number of morpholine rings is 1. The molecule has 0 saturated carbocycles. The summed E-state index contributed by atoms with van der Waals surface area (Å²) in [4.78, 5) is 0.659. The third kappa shape index (κ3) is 2.28. The smallest absolute Gasteiger partial charge is 0.252 e. The molecule has 0 spiro atoms. The first kappa shape index (κ1) is 12.0. The van der Waals surface area contributed by atoms with E-state index in [1.54, 1.807) is 12.1 Å². The van der Waals surface area contributed by atoms with Gasteiger partial charge in [0.1, 0.15) is 4.21 Å². The predicted octanol–water partition coefficient (Wildman–Crippen LogP) is 0.261. The van der Waals surface area contributed by atoms with Gasteiger partial charge in [-0.15, -0.1) is 11.3 Å². The van der Waals surface area contributed by atoms with Crippen molar-refractivity contribution in [3.05, 3.63) is 17.0 Å². The zero-order valence-corrected chi connectivity index (χ0v) is 10.3. The van der Waals surface area contributed by atoms with Crippen LogP contribution in [0.2, 0.25) is 0 Å². The summed E-state index contributed by atoms with van der Waals surface area (Å²) >= 11 is 1.11. The Morgan fingerprint density at radius 3 is 2.62 bits per heavy atom. The Morgan fingerprint density at radius 1 is 1.38 bits per heavy atom. The van der Waals surface area contributed by atoms with E-state index < -0.39 is 10.0 Å². The van der Waals surface area contributed by atoms with Crippen molar-refractivity contribution in [2.75, 3.05) is 26.3 Å². The molecule has 0 atom stereocenters. The average Bonchev–Trinajstić information content (AvgIpc) is 2.79. The Bertz CT molecular complexity index is 448. The van der Waals surface area contributed by atoms with Crippen LogP contribution in [0.5, 0.6) is 0 Å². The van der Waals surface area contributed by atoms with Crippen LogP contribution in [0.15, 0.2) is 16.3 Å². The number of aliphatic hydroxyl groups is 1. The highest BCUT2D eigenvalue weighted by Crippen LogP contribution is 2.25. The van der Waals surface area contributed by atoms with Gasteiger partial charge < -0.3 is 9.84 Å². The average molecular weight is 263 g/mol. The number of sulfonamides is 1. The highest BCUT2D eigenvalue weighted by Gasteiger charge is 2.27.